The van der Waals surface area contributed by atoms with Crippen LogP contribution in [0.1, 0.15) is 34.1 Å². The summed E-state index contributed by atoms with van der Waals surface area (Å²) in [7, 11) is 0. The fraction of sp³-hybridized carbons (Fsp3) is 0.917. The second kappa shape index (κ2) is 5.92. The molecule has 3 nitrogen and oxygen atoms in total. The minimum absolute atomic E-state index is 0.00547. The number of amides is 1. The van der Waals surface area contributed by atoms with Gasteiger partial charge in [-0.15, -0.1) is 0 Å². The highest BCUT2D eigenvalue weighted by molar-refractivity contribution is 7.98. The van der Waals surface area contributed by atoms with Crippen LogP contribution >= 0.6 is 11.8 Å². The van der Waals surface area contributed by atoms with E-state index in [-0.39, 0.29) is 18.1 Å². The van der Waals surface area contributed by atoms with Crippen LogP contribution in [0.15, 0.2) is 0 Å². The van der Waals surface area contributed by atoms with Gasteiger partial charge in [-0.05, 0) is 25.5 Å². The molecular weight excluding hydrogens is 220 g/mol. The number of hydrogen-bond acceptors (Lipinski definition) is 3. The van der Waals surface area contributed by atoms with Crippen molar-refractivity contribution in [1.29, 1.82) is 0 Å². The van der Waals surface area contributed by atoms with Crippen molar-refractivity contribution >= 4 is 17.7 Å². The summed E-state index contributed by atoms with van der Waals surface area (Å²) in [4.78, 5) is 14.3. The summed E-state index contributed by atoms with van der Waals surface area (Å²) in [5, 5.41) is 3.39. The number of carbonyl (C=O) groups is 1. The van der Waals surface area contributed by atoms with Crippen molar-refractivity contribution < 1.29 is 4.79 Å². The Balaban J connectivity index is 2.76. The van der Waals surface area contributed by atoms with Gasteiger partial charge in [-0.25, -0.2) is 0 Å². The first-order valence-corrected chi connectivity index (χ1v) is 7.49. The Kier molecular flexibility index (Phi) is 5.12. The Morgan fingerprint density at radius 1 is 1.50 bits per heavy atom. The van der Waals surface area contributed by atoms with Crippen molar-refractivity contribution in [2.24, 2.45) is 5.92 Å². The van der Waals surface area contributed by atoms with Gasteiger partial charge in [0.1, 0.15) is 0 Å². The highest BCUT2D eigenvalue weighted by Crippen LogP contribution is 2.22. The van der Waals surface area contributed by atoms with Gasteiger partial charge >= 0.3 is 0 Å². The number of thioether (sulfide) groups is 1. The topological polar surface area (TPSA) is 32.3 Å². The minimum atomic E-state index is 0.00547. The first-order valence-electron chi connectivity index (χ1n) is 6.10. The Morgan fingerprint density at radius 2 is 2.12 bits per heavy atom. The molecule has 1 aliphatic heterocycles. The third-order valence-electron chi connectivity index (χ3n) is 3.25. The number of nitrogens with zero attached hydrogens (tertiary/aromatic N) is 1. The Morgan fingerprint density at radius 3 is 2.50 bits per heavy atom. The van der Waals surface area contributed by atoms with E-state index in [4.69, 9.17) is 0 Å². The molecule has 0 spiro atoms. The van der Waals surface area contributed by atoms with Crippen molar-refractivity contribution in [3.05, 3.63) is 0 Å². The molecule has 0 saturated carbocycles. The van der Waals surface area contributed by atoms with Crippen molar-refractivity contribution in [3.63, 3.8) is 0 Å². The second-order valence-corrected chi connectivity index (χ2v) is 5.74. The summed E-state index contributed by atoms with van der Waals surface area (Å²) in [6, 6.07) is 0.375. The molecule has 1 saturated heterocycles. The number of nitrogens with one attached hydrogen (secondary N) is 1. The van der Waals surface area contributed by atoms with Crippen LogP contribution in [0.25, 0.3) is 0 Å². The SMILES string of the molecule is CCC(CSC)N1C(=O)C(C(C)C)NC1C. The van der Waals surface area contributed by atoms with Gasteiger partial charge in [0.05, 0.1) is 12.2 Å². The zero-order valence-electron chi connectivity index (χ0n) is 11.0. The third-order valence-corrected chi connectivity index (χ3v) is 3.97. The standard InChI is InChI=1S/C12H24N2OS/c1-6-10(7-16-5)14-9(4)13-11(8(2)3)12(14)15/h8-11,13H,6-7H2,1-5H3. The maximum atomic E-state index is 12.3. The van der Waals surface area contributed by atoms with Gasteiger partial charge in [0.25, 0.3) is 0 Å². The van der Waals surface area contributed by atoms with Gasteiger partial charge in [-0.2, -0.15) is 11.8 Å². The zero-order chi connectivity index (χ0) is 12.3. The summed E-state index contributed by atoms with van der Waals surface area (Å²) < 4.78 is 0. The second-order valence-electron chi connectivity index (χ2n) is 4.83. The summed E-state index contributed by atoms with van der Waals surface area (Å²) in [5.41, 5.74) is 0. The largest absolute Gasteiger partial charge is 0.322 e. The lowest BCUT2D eigenvalue weighted by molar-refractivity contribution is -0.132. The molecule has 0 aromatic heterocycles. The van der Waals surface area contributed by atoms with Gasteiger partial charge in [-0.1, -0.05) is 20.8 Å². The van der Waals surface area contributed by atoms with Gasteiger partial charge in [0, 0.05) is 11.8 Å². The molecule has 1 rings (SSSR count). The van der Waals surface area contributed by atoms with Gasteiger partial charge in [-0.3, -0.25) is 10.1 Å². The maximum absolute atomic E-state index is 12.3. The molecule has 1 amide bonds. The van der Waals surface area contributed by atoms with E-state index in [1.807, 2.05) is 16.7 Å². The van der Waals surface area contributed by atoms with Crippen LogP contribution in [0.3, 0.4) is 0 Å². The molecule has 16 heavy (non-hydrogen) atoms. The lowest BCUT2D eigenvalue weighted by Crippen LogP contribution is -2.44. The molecule has 0 aromatic rings. The van der Waals surface area contributed by atoms with E-state index < -0.39 is 0 Å². The van der Waals surface area contributed by atoms with E-state index in [1.165, 1.54) is 0 Å². The molecule has 3 unspecified atom stereocenters. The molecule has 0 bridgehead atoms. The van der Waals surface area contributed by atoms with Crippen LogP contribution < -0.4 is 5.32 Å². The van der Waals surface area contributed by atoms with Crippen LogP contribution in [0, 0.1) is 5.92 Å². The van der Waals surface area contributed by atoms with Crippen LogP contribution in [-0.4, -0.2) is 41.1 Å². The van der Waals surface area contributed by atoms with Crippen LogP contribution in [0.4, 0.5) is 0 Å². The molecule has 1 aliphatic rings. The summed E-state index contributed by atoms with van der Waals surface area (Å²) >= 11 is 1.81. The highest BCUT2D eigenvalue weighted by atomic mass is 32.2. The first-order chi connectivity index (χ1) is 7.52. The van der Waals surface area contributed by atoms with E-state index in [1.54, 1.807) is 0 Å². The predicted octanol–water partition coefficient (Wildman–Crippen LogP) is 1.93. The Bertz CT molecular complexity index is 245. The molecule has 94 valence electrons. The Hall–Kier alpha value is -0.220. The molecule has 1 fully saturated rings. The third kappa shape index (κ3) is 2.72. The molecule has 3 atom stereocenters. The smallest absolute Gasteiger partial charge is 0.241 e. The van der Waals surface area contributed by atoms with E-state index in [0.717, 1.165) is 12.2 Å². The van der Waals surface area contributed by atoms with Crippen LogP contribution in [-0.2, 0) is 4.79 Å². The van der Waals surface area contributed by atoms with E-state index in [0.29, 0.717) is 12.0 Å². The zero-order valence-corrected chi connectivity index (χ0v) is 11.8. The van der Waals surface area contributed by atoms with Gasteiger partial charge in [0.2, 0.25) is 5.91 Å². The molecule has 0 aromatic carbocycles. The lowest BCUT2D eigenvalue weighted by Gasteiger charge is -2.30. The number of rotatable bonds is 5. The van der Waals surface area contributed by atoms with Crippen molar-refractivity contribution in [3.8, 4) is 0 Å². The summed E-state index contributed by atoms with van der Waals surface area (Å²) in [6.07, 6.45) is 3.31. The Labute approximate surface area is 103 Å². The van der Waals surface area contributed by atoms with Crippen LogP contribution in [0.2, 0.25) is 0 Å². The molecule has 1 heterocycles. The summed E-state index contributed by atoms with van der Waals surface area (Å²) in [6.45, 7) is 8.44. The quantitative estimate of drug-likeness (QED) is 0.802. The average Bonchev–Trinajstić information content (AvgIpc) is 2.52. The molecule has 0 aliphatic carbocycles. The van der Waals surface area contributed by atoms with E-state index in [2.05, 4.69) is 39.3 Å². The van der Waals surface area contributed by atoms with Gasteiger partial charge in [0.15, 0.2) is 0 Å². The monoisotopic (exact) mass is 244 g/mol. The molecular formula is C12H24N2OS. The lowest BCUT2D eigenvalue weighted by atomic mass is 10.0. The first kappa shape index (κ1) is 13.8. The normalized spacial score (nSPS) is 27.9. The summed E-state index contributed by atoms with van der Waals surface area (Å²) in [5.74, 6) is 1.68. The minimum Gasteiger partial charge on any atom is -0.322 e. The number of carbonyl (C=O) groups excluding carboxylic acids is 1. The highest BCUT2D eigenvalue weighted by Gasteiger charge is 2.40. The average molecular weight is 244 g/mol. The van der Waals surface area contributed by atoms with E-state index >= 15 is 0 Å². The fourth-order valence-corrected chi connectivity index (χ4v) is 3.11. The van der Waals surface area contributed by atoms with Crippen molar-refractivity contribution in [1.82, 2.24) is 10.2 Å². The van der Waals surface area contributed by atoms with Crippen molar-refractivity contribution in [2.45, 2.75) is 52.4 Å². The fourth-order valence-electron chi connectivity index (χ4n) is 2.32. The van der Waals surface area contributed by atoms with Gasteiger partial charge < -0.3 is 4.90 Å². The molecule has 0 radical (unpaired) electrons. The predicted molar refractivity (Wildman–Crippen MR) is 70.5 cm³/mol. The molecule has 4 heteroatoms. The van der Waals surface area contributed by atoms with Crippen LogP contribution in [0.5, 0.6) is 0 Å². The molecule has 1 N–H and O–H groups in total. The number of hydrogen-bond donors (Lipinski definition) is 1. The van der Waals surface area contributed by atoms with E-state index in [9.17, 15) is 4.79 Å². The maximum Gasteiger partial charge on any atom is 0.241 e. The van der Waals surface area contributed by atoms with Crippen molar-refractivity contribution in [2.75, 3.05) is 12.0 Å².